The Morgan fingerprint density at radius 3 is 1.64 bits per heavy atom. The van der Waals surface area contributed by atoms with Crippen LogP contribution >= 0.6 is 11.3 Å². The summed E-state index contributed by atoms with van der Waals surface area (Å²) in [6.45, 7) is 0. The Morgan fingerprint density at radius 1 is 0.400 bits per heavy atom. The van der Waals surface area contributed by atoms with Crippen molar-refractivity contribution < 1.29 is 0 Å². The highest BCUT2D eigenvalue weighted by atomic mass is 32.1. The fourth-order valence-electron chi connectivity index (χ4n) is 7.21. The van der Waals surface area contributed by atoms with Crippen molar-refractivity contribution in [3.63, 3.8) is 0 Å². The lowest BCUT2D eigenvalue weighted by Crippen LogP contribution is -1.96. The molecule has 0 amide bonds. The molecular formula is C46H29N3S. The molecule has 0 aliphatic rings. The molecule has 0 radical (unpaired) electrons. The minimum Gasteiger partial charge on any atom is -0.309 e. The van der Waals surface area contributed by atoms with Crippen molar-refractivity contribution in [3.8, 4) is 50.6 Å². The van der Waals surface area contributed by atoms with Crippen LogP contribution in [0.3, 0.4) is 0 Å². The molecule has 3 nitrogen and oxygen atoms in total. The van der Waals surface area contributed by atoms with E-state index in [0.29, 0.717) is 0 Å². The van der Waals surface area contributed by atoms with E-state index in [2.05, 4.69) is 180 Å². The third-order valence-electron chi connectivity index (χ3n) is 9.63. The van der Waals surface area contributed by atoms with Gasteiger partial charge in [-0.3, -0.25) is 0 Å². The quantitative estimate of drug-likeness (QED) is 0.185. The zero-order valence-electron chi connectivity index (χ0n) is 27.0. The Labute approximate surface area is 293 Å². The molecule has 0 saturated heterocycles. The normalized spacial score (nSPS) is 11.6. The van der Waals surface area contributed by atoms with Crippen molar-refractivity contribution >= 4 is 53.4 Å². The average Bonchev–Trinajstić information content (AvgIpc) is 3.74. The molecule has 0 bridgehead atoms. The van der Waals surface area contributed by atoms with Gasteiger partial charge in [0.15, 0.2) is 5.82 Å². The monoisotopic (exact) mass is 655 g/mol. The molecular weight excluding hydrogens is 627 g/mol. The van der Waals surface area contributed by atoms with Crippen LogP contribution in [0.4, 0.5) is 0 Å². The molecule has 50 heavy (non-hydrogen) atoms. The Hall–Kier alpha value is -6.36. The largest absolute Gasteiger partial charge is 0.309 e. The first-order valence-electron chi connectivity index (χ1n) is 16.8. The van der Waals surface area contributed by atoms with Crippen molar-refractivity contribution in [2.24, 2.45) is 0 Å². The fraction of sp³-hybridized carbons (Fsp3) is 0. The van der Waals surface area contributed by atoms with Gasteiger partial charge < -0.3 is 4.57 Å². The van der Waals surface area contributed by atoms with Gasteiger partial charge >= 0.3 is 0 Å². The Balaban J connectivity index is 1.15. The summed E-state index contributed by atoms with van der Waals surface area (Å²) in [5, 5.41) is 3.65. The first kappa shape index (κ1) is 28.6. The molecule has 0 fully saturated rings. The van der Waals surface area contributed by atoms with Gasteiger partial charge in [-0.2, -0.15) is 0 Å². The van der Waals surface area contributed by atoms with Crippen LogP contribution in [-0.2, 0) is 0 Å². The van der Waals surface area contributed by atoms with E-state index in [9.17, 15) is 0 Å². The third-order valence-corrected chi connectivity index (χ3v) is 10.8. The molecule has 3 aromatic heterocycles. The summed E-state index contributed by atoms with van der Waals surface area (Å²) in [7, 11) is 0. The maximum Gasteiger partial charge on any atom is 0.160 e. The topological polar surface area (TPSA) is 30.7 Å². The maximum atomic E-state index is 5.34. The number of hydrogen-bond donors (Lipinski definition) is 0. The molecule has 0 aliphatic carbocycles. The van der Waals surface area contributed by atoms with Gasteiger partial charge in [0.25, 0.3) is 0 Å². The van der Waals surface area contributed by atoms with E-state index < -0.39 is 0 Å². The van der Waals surface area contributed by atoms with E-state index in [0.717, 1.165) is 43.9 Å². The summed E-state index contributed by atoms with van der Waals surface area (Å²) in [4.78, 5) is 10.6. The zero-order chi connectivity index (χ0) is 33.0. The van der Waals surface area contributed by atoms with Crippen LogP contribution < -0.4 is 0 Å². The smallest absolute Gasteiger partial charge is 0.160 e. The molecule has 3 heterocycles. The van der Waals surface area contributed by atoms with Gasteiger partial charge in [0.2, 0.25) is 0 Å². The Morgan fingerprint density at radius 2 is 0.960 bits per heavy atom. The number of para-hydroxylation sites is 2. The maximum absolute atomic E-state index is 5.34. The standard InChI is InChI=1S/C46H29N3S/c1-3-12-30(13-4-1)33-16-11-17-35(28-33)43-45-44(39-27-24-34(29-42(39)50-45)31-14-5-2-6-15-31)48-46(47-43)32-22-25-36(26-23-32)49-40-20-9-7-18-37(40)38-19-8-10-21-41(38)49/h1-29H. The highest BCUT2D eigenvalue weighted by Crippen LogP contribution is 2.42. The summed E-state index contributed by atoms with van der Waals surface area (Å²) in [5.74, 6) is 0.721. The predicted octanol–water partition coefficient (Wildman–Crippen LogP) is 12.6. The first-order chi connectivity index (χ1) is 24.8. The lowest BCUT2D eigenvalue weighted by molar-refractivity contribution is 1.17. The highest BCUT2D eigenvalue weighted by molar-refractivity contribution is 7.26. The first-order valence-corrected chi connectivity index (χ1v) is 17.6. The van der Waals surface area contributed by atoms with Crippen molar-refractivity contribution in [3.05, 3.63) is 176 Å². The molecule has 0 N–H and O–H groups in total. The van der Waals surface area contributed by atoms with E-state index >= 15 is 0 Å². The second kappa shape index (κ2) is 11.7. The third kappa shape index (κ3) is 4.73. The molecule has 0 spiro atoms. The van der Waals surface area contributed by atoms with Crippen molar-refractivity contribution in [2.45, 2.75) is 0 Å². The number of hydrogen-bond acceptors (Lipinski definition) is 3. The summed E-state index contributed by atoms with van der Waals surface area (Å²) in [5.41, 5.74) is 12.3. The predicted molar refractivity (Wildman–Crippen MR) is 211 cm³/mol. The molecule has 0 saturated carbocycles. The van der Waals surface area contributed by atoms with Crippen molar-refractivity contribution in [2.75, 3.05) is 0 Å². The van der Waals surface area contributed by atoms with Crippen LogP contribution in [0.2, 0.25) is 0 Å². The molecule has 0 atom stereocenters. The van der Waals surface area contributed by atoms with Crippen molar-refractivity contribution in [1.29, 1.82) is 0 Å². The van der Waals surface area contributed by atoms with Gasteiger partial charge in [0.1, 0.15) is 0 Å². The van der Waals surface area contributed by atoms with Crippen LogP contribution in [0.1, 0.15) is 0 Å². The lowest BCUT2D eigenvalue weighted by atomic mass is 10.0. The van der Waals surface area contributed by atoms with Crippen LogP contribution in [0.15, 0.2) is 176 Å². The average molecular weight is 656 g/mol. The number of nitrogens with zero attached hydrogens (tertiary/aromatic N) is 3. The molecule has 0 aliphatic heterocycles. The summed E-state index contributed by atoms with van der Waals surface area (Å²) in [6, 6.07) is 62.5. The summed E-state index contributed by atoms with van der Waals surface area (Å²) in [6.07, 6.45) is 0. The fourth-order valence-corrected chi connectivity index (χ4v) is 8.41. The molecule has 0 unspecified atom stereocenters. The van der Waals surface area contributed by atoms with Gasteiger partial charge in [-0.15, -0.1) is 11.3 Å². The van der Waals surface area contributed by atoms with E-state index in [1.54, 1.807) is 11.3 Å². The highest BCUT2D eigenvalue weighted by Gasteiger charge is 2.18. The SMILES string of the molecule is c1ccc(-c2cccc(-c3nc(-c4ccc(-n5c6ccccc6c6ccccc65)cc4)nc4c3sc3cc(-c5ccccc5)ccc34)c2)cc1. The van der Waals surface area contributed by atoms with E-state index in [4.69, 9.17) is 9.97 Å². The molecule has 4 heteroatoms. The van der Waals surface area contributed by atoms with Gasteiger partial charge in [-0.25, -0.2) is 9.97 Å². The number of fused-ring (bicyclic) bond motifs is 6. The van der Waals surface area contributed by atoms with Crippen LogP contribution in [-0.4, -0.2) is 14.5 Å². The lowest BCUT2D eigenvalue weighted by Gasteiger charge is -2.11. The summed E-state index contributed by atoms with van der Waals surface area (Å²) >= 11 is 1.77. The van der Waals surface area contributed by atoms with Crippen LogP contribution in [0, 0.1) is 0 Å². The molecule has 10 aromatic rings. The number of benzene rings is 7. The minimum absolute atomic E-state index is 0.721. The molecule has 10 rings (SSSR count). The second-order valence-electron chi connectivity index (χ2n) is 12.6. The van der Waals surface area contributed by atoms with Gasteiger partial charge in [0.05, 0.1) is 26.9 Å². The van der Waals surface area contributed by atoms with Crippen LogP contribution in [0.25, 0.3) is 92.7 Å². The number of thiophene rings is 1. The zero-order valence-corrected chi connectivity index (χ0v) is 27.8. The van der Waals surface area contributed by atoms with Gasteiger partial charge in [-0.05, 0) is 70.8 Å². The van der Waals surface area contributed by atoms with E-state index in [1.807, 2.05) is 0 Å². The number of aromatic nitrogens is 3. The minimum atomic E-state index is 0.721. The second-order valence-corrected chi connectivity index (χ2v) is 13.7. The van der Waals surface area contributed by atoms with E-state index in [1.165, 1.54) is 48.8 Å². The number of rotatable bonds is 5. The van der Waals surface area contributed by atoms with Crippen LogP contribution in [0.5, 0.6) is 0 Å². The van der Waals surface area contributed by atoms with E-state index in [-0.39, 0.29) is 0 Å². The molecule has 234 valence electrons. The Bertz CT molecular complexity index is 2800. The summed E-state index contributed by atoms with van der Waals surface area (Å²) < 4.78 is 4.64. The van der Waals surface area contributed by atoms with Crippen molar-refractivity contribution in [1.82, 2.24) is 14.5 Å². The van der Waals surface area contributed by atoms with Gasteiger partial charge in [0, 0.05) is 37.7 Å². The van der Waals surface area contributed by atoms with Gasteiger partial charge in [-0.1, -0.05) is 127 Å². The Kier molecular flexibility index (Phi) is 6.68. The molecule has 7 aromatic carbocycles.